The Hall–Kier alpha value is -2.13. The highest BCUT2D eigenvalue weighted by atomic mass is 32.2. The number of carbonyl (C=O) groups excluding carboxylic acids is 1. The van der Waals surface area contributed by atoms with E-state index < -0.39 is 27.6 Å². The lowest BCUT2D eigenvalue weighted by Crippen LogP contribution is -2.45. The van der Waals surface area contributed by atoms with E-state index in [0.717, 1.165) is 4.31 Å². The van der Waals surface area contributed by atoms with Crippen molar-refractivity contribution in [1.29, 1.82) is 0 Å². The summed E-state index contributed by atoms with van der Waals surface area (Å²) in [6.45, 7) is 5.05. The second-order valence-corrected chi connectivity index (χ2v) is 8.69. The normalized spacial score (nSPS) is 12.1. The molecule has 8 nitrogen and oxygen atoms in total. The molecule has 25 heavy (non-hydrogen) atoms. The molecule has 0 aliphatic heterocycles. The number of amides is 2. The topological polar surface area (TPSA) is 116 Å². The van der Waals surface area contributed by atoms with Gasteiger partial charge in [-0.25, -0.2) is 17.5 Å². The quantitative estimate of drug-likeness (QED) is 0.678. The van der Waals surface area contributed by atoms with Gasteiger partial charge in [-0.3, -0.25) is 4.79 Å². The predicted octanol–water partition coefficient (Wildman–Crippen LogP) is 2.01. The van der Waals surface area contributed by atoms with Gasteiger partial charge in [-0.15, -0.1) is 0 Å². The summed E-state index contributed by atoms with van der Waals surface area (Å²) in [5, 5.41) is 14.1. The zero-order valence-electron chi connectivity index (χ0n) is 15.1. The highest BCUT2D eigenvalue weighted by molar-refractivity contribution is 7.89. The maximum atomic E-state index is 12.3. The van der Waals surface area contributed by atoms with Crippen LogP contribution in [0.4, 0.5) is 10.5 Å². The van der Waals surface area contributed by atoms with Crippen molar-refractivity contribution in [3.8, 4) is 0 Å². The number of aliphatic carboxylic acids is 1. The standard InChI is InChI=1S/C16H25N3O5S/c1-11-12(7-6-8-13(11)25(23,24)19(4)5)17-15(22)18-16(2,3)10-9-14(20)21/h6-8H,9-10H2,1-5H3,(H,20,21)(H2,17,18,22). The Morgan fingerprint density at radius 3 is 2.36 bits per heavy atom. The van der Waals surface area contributed by atoms with Crippen molar-refractivity contribution in [2.24, 2.45) is 0 Å². The molecule has 0 bridgehead atoms. The zero-order valence-corrected chi connectivity index (χ0v) is 15.9. The first-order chi connectivity index (χ1) is 11.4. The van der Waals surface area contributed by atoms with Crippen molar-refractivity contribution in [3.05, 3.63) is 23.8 Å². The van der Waals surface area contributed by atoms with Crippen LogP contribution >= 0.6 is 0 Å². The van der Waals surface area contributed by atoms with E-state index in [0.29, 0.717) is 11.3 Å². The van der Waals surface area contributed by atoms with Gasteiger partial charge in [-0.05, 0) is 44.9 Å². The summed E-state index contributed by atoms with van der Waals surface area (Å²) in [6.07, 6.45) is 0.201. The van der Waals surface area contributed by atoms with Crippen LogP contribution in [0.2, 0.25) is 0 Å². The third-order valence-corrected chi connectivity index (χ3v) is 5.67. The molecule has 0 saturated carbocycles. The summed E-state index contributed by atoms with van der Waals surface area (Å²) >= 11 is 0. The fourth-order valence-electron chi connectivity index (χ4n) is 2.17. The van der Waals surface area contributed by atoms with Crippen LogP contribution < -0.4 is 10.6 Å². The average molecular weight is 371 g/mol. The minimum atomic E-state index is -3.62. The summed E-state index contributed by atoms with van der Waals surface area (Å²) in [7, 11) is -0.749. The van der Waals surface area contributed by atoms with Crippen molar-refractivity contribution in [2.45, 2.75) is 44.0 Å². The second kappa shape index (κ2) is 7.83. The predicted molar refractivity (Wildman–Crippen MR) is 95.2 cm³/mol. The van der Waals surface area contributed by atoms with E-state index in [4.69, 9.17) is 5.11 Å². The van der Waals surface area contributed by atoms with E-state index in [1.807, 2.05) is 0 Å². The monoisotopic (exact) mass is 371 g/mol. The van der Waals surface area contributed by atoms with Crippen molar-refractivity contribution < 1.29 is 23.1 Å². The minimum absolute atomic E-state index is 0.0666. The molecule has 0 fully saturated rings. The number of carbonyl (C=O) groups is 2. The Balaban J connectivity index is 2.94. The maximum absolute atomic E-state index is 12.3. The lowest BCUT2D eigenvalue weighted by atomic mass is 9.99. The van der Waals surface area contributed by atoms with Gasteiger partial charge in [0.1, 0.15) is 0 Å². The molecule has 2 amide bonds. The summed E-state index contributed by atoms with van der Waals surface area (Å²) in [5.74, 6) is -0.937. The van der Waals surface area contributed by atoms with Crippen LogP contribution in [0.15, 0.2) is 23.1 Å². The summed E-state index contributed by atoms with van der Waals surface area (Å²) < 4.78 is 25.7. The maximum Gasteiger partial charge on any atom is 0.319 e. The molecule has 0 aliphatic rings. The van der Waals surface area contributed by atoms with E-state index >= 15 is 0 Å². The van der Waals surface area contributed by atoms with Gasteiger partial charge in [0.15, 0.2) is 0 Å². The van der Waals surface area contributed by atoms with Crippen molar-refractivity contribution in [1.82, 2.24) is 9.62 Å². The van der Waals surface area contributed by atoms with Gasteiger partial charge < -0.3 is 15.7 Å². The Labute approximate surface area is 148 Å². The fourth-order valence-corrected chi connectivity index (χ4v) is 3.31. The van der Waals surface area contributed by atoms with E-state index in [-0.39, 0.29) is 17.7 Å². The third kappa shape index (κ3) is 5.71. The summed E-state index contributed by atoms with van der Waals surface area (Å²) in [6, 6.07) is 4.10. The van der Waals surface area contributed by atoms with Gasteiger partial charge in [0.2, 0.25) is 10.0 Å². The lowest BCUT2D eigenvalue weighted by molar-refractivity contribution is -0.137. The number of hydrogen-bond acceptors (Lipinski definition) is 4. The molecule has 0 radical (unpaired) electrons. The Morgan fingerprint density at radius 1 is 1.24 bits per heavy atom. The first-order valence-electron chi connectivity index (χ1n) is 7.70. The van der Waals surface area contributed by atoms with E-state index in [2.05, 4.69) is 10.6 Å². The molecular weight excluding hydrogens is 346 g/mol. The molecule has 0 saturated heterocycles. The number of sulfonamides is 1. The number of carboxylic acid groups (broad SMARTS) is 1. The van der Waals surface area contributed by atoms with E-state index in [1.54, 1.807) is 32.9 Å². The van der Waals surface area contributed by atoms with Crippen molar-refractivity contribution >= 4 is 27.7 Å². The Bertz CT molecular complexity index is 757. The summed E-state index contributed by atoms with van der Waals surface area (Å²) in [5.41, 5.74) is 0.0770. The molecule has 0 atom stereocenters. The van der Waals surface area contributed by atoms with Gasteiger partial charge in [0.25, 0.3) is 0 Å². The number of benzene rings is 1. The van der Waals surface area contributed by atoms with Gasteiger partial charge in [0.05, 0.1) is 4.90 Å². The largest absolute Gasteiger partial charge is 0.481 e. The molecule has 3 N–H and O–H groups in total. The van der Waals surface area contributed by atoms with Gasteiger partial charge in [-0.1, -0.05) is 6.07 Å². The second-order valence-electron chi connectivity index (χ2n) is 6.57. The first-order valence-corrected chi connectivity index (χ1v) is 9.14. The molecule has 140 valence electrons. The highest BCUT2D eigenvalue weighted by Crippen LogP contribution is 2.25. The van der Waals surface area contributed by atoms with Gasteiger partial charge >= 0.3 is 12.0 Å². The molecule has 1 rings (SSSR count). The molecule has 0 aromatic heterocycles. The summed E-state index contributed by atoms with van der Waals surface area (Å²) in [4.78, 5) is 23.0. The molecule has 9 heteroatoms. The number of nitrogens with zero attached hydrogens (tertiary/aromatic N) is 1. The number of rotatable bonds is 7. The van der Waals surface area contributed by atoms with Crippen LogP contribution in [0.1, 0.15) is 32.3 Å². The highest BCUT2D eigenvalue weighted by Gasteiger charge is 2.24. The molecule has 0 unspecified atom stereocenters. The van der Waals surface area contributed by atoms with Gasteiger partial charge in [0, 0.05) is 31.7 Å². The number of urea groups is 1. The average Bonchev–Trinajstić information content (AvgIpc) is 2.46. The van der Waals surface area contributed by atoms with Crippen LogP contribution in [-0.4, -0.2) is 49.5 Å². The molecule has 0 spiro atoms. The van der Waals surface area contributed by atoms with E-state index in [1.165, 1.54) is 20.2 Å². The number of nitrogens with one attached hydrogen (secondary N) is 2. The van der Waals surface area contributed by atoms with Crippen LogP contribution in [0.25, 0.3) is 0 Å². The van der Waals surface area contributed by atoms with E-state index in [9.17, 15) is 18.0 Å². The zero-order chi connectivity index (χ0) is 19.4. The Kier molecular flexibility index (Phi) is 6.55. The van der Waals surface area contributed by atoms with Crippen LogP contribution in [0.5, 0.6) is 0 Å². The Morgan fingerprint density at radius 2 is 1.84 bits per heavy atom. The van der Waals surface area contributed by atoms with Crippen LogP contribution in [0, 0.1) is 6.92 Å². The number of anilines is 1. The first kappa shape index (κ1) is 20.9. The van der Waals surface area contributed by atoms with Crippen LogP contribution in [-0.2, 0) is 14.8 Å². The molecule has 0 heterocycles. The molecular formula is C16H25N3O5S. The molecule has 1 aromatic carbocycles. The van der Waals surface area contributed by atoms with Gasteiger partial charge in [-0.2, -0.15) is 0 Å². The molecule has 0 aliphatic carbocycles. The lowest BCUT2D eigenvalue weighted by Gasteiger charge is -2.26. The third-order valence-electron chi connectivity index (χ3n) is 3.71. The van der Waals surface area contributed by atoms with Crippen molar-refractivity contribution in [2.75, 3.05) is 19.4 Å². The minimum Gasteiger partial charge on any atom is -0.481 e. The number of carboxylic acids is 1. The van der Waals surface area contributed by atoms with Crippen LogP contribution in [0.3, 0.4) is 0 Å². The van der Waals surface area contributed by atoms with Crippen molar-refractivity contribution in [3.63, 3.8) is 0 Å². The number of hydrogen-bond donors (Lipinski definition) is 3. The smallest absolute Gasteiger partial charge is 0.319 e. The SMILES string of the molecule is Cc1c(NC(=O)NC(C)(C)CCC(=O)O)cccc1S(=O)(=O)N(C)C. The molecule has 1 aromatic rings. The fraction of sp³-hybridized carbons (Fsp3) is 0.500.